The maximum absolute atomic E-state index is 12.8. The molecule has 4 rings (SSSR count). The standard InChI is InChI=1S/C17H17F3N6O3S2/c18-17(19,20)29-11-1-3-12(4-2-11)31(27,28)26-9-7-25(8-10-26)16-24-14-13(30-16)5-6-22-15(21)23-14/h1-4,6H,5,7-10H2,(H2,21,23). The van der Waals surface area contributed by atoms with E-state index < -0.39 is 22.1 Å². The molecule has 2 aliphatic heterocycles. The van der Waals surface area contributed by atoms with E-state index in [1.807, 2.05) is 4.90 Å². The molecule has 1 aromatic heterocycles. The van der Waals surface area contributed by atoms with Gasteiger partial charge in [-0.25, -0.2) is 18.4 Å². The number of sulfonamides is 1. The molecule has 0 atom stereocenters. The van der Waals surface area contributed by atoms with Gasteiger partial charge in [-0.05, 0) is 24.3 Å². The van der Waals surface area contributed by atoms with Crippen molar-refractivity contribution in [2.45, 2.75) is 17.7 Å². The fourth-order valence-electron chi connectivity index (χ4n) is 3.13. The maximum Gasteiger partial charge on any atom is 0.573 e. The number of alkyl halides is 3. The van der Waals surface area contributed by atoms with Crippen LogP contribution in [0.5, 0.6) is 5.75 Å². The molecular formula is C17H17F3N6O3S2. The van der Waals surface area contributed by atoms with Gasteiger partial charge in [-0.1, -0.05) is 11.3 Å². The highest BCUT2D eigenvalue weighted by atomic mass is 32.2. The summed E-state index contributed by atoms with van der Waals surface area (Å²) < 4.78 is 67.6. The van der Waals surface area contributed by atoms with E-state index in [0.717, 1.165) is 34.3 Å². The number of hydrogen-bond acceptors (Lipinski definition) is 9. The molecule has 0 unspecified atom stereocenters. The largest absolute Gasteiger partial charge is 0.573 e. The van der Waals surface area contributed by atoms with Crippen LogP contribution < -0.4 is 15.4 Å². The van der Waals surface area contributed by atoms with Gasteiger partial charge in [0.25, 0.3) is 0 Å². The first-order valence-electron chi connectivity index (χ1n) is 9.09. The molecule has 0 saturated carbocycles. The Balaban J connectivity index is 1.43. The number of benzene rings is 1. The molecule has 0 amide bonds. The Labute approximate surface area is 179 Å². The van der Waals surface area contributed by atoms with E-state index >= 15 is 0 Å². The first-order chi connectivity index (χ1) is 14.6. The van der Waals surface area contributed by atoms with Crippen LogP contribution in [0, 0.1) is 0 Å². The van der Waals surface area contributed by atoms with Gasteiger partial charge in [0.2, 0.25) is 16.0 Å². The number of anilines is 1. The third-order valence-corrected chi connectivity index (χ3v) is 7.63. The van der Waals surface area contributed by atoms with Crippen LogP contribution in [0.25, 0.3) is 0 Å². The topological polar surface area (TPSA) is 113 Å². The zero-order chi connectivity index (χ0) is 22.2. The van der Waals surface area contributed by atoms with Crippen molar-refractivity contribution in [2.24, 2.45) is 15.7 Å². The number of piperazine rings is 1. The van der Waals surface area contributed by atoms with Crippen molar-refractivity contribution >= 4 is 44.5 Å². The van der Waals surface area contributed by atoms with Crippen molar-refractivity contribution in [1.29, 1.82) is 0 Å². The van der Waals surface area contributed by atoms with E-state index in [1.165, 1.54) is 15.6 Å². The lowest BCUT2D eigenvalue weighted by molar-refractivity contribution is -0.274. The minimum absolute atomic E-state index is 0.0967. The van der Waals surface area contributed by atoms with Crippen LogP contribution in [0.4, 0.5) is 24.1 Å². The Morgan fingerprint density at radius 2 is 1.77 bits per heavy atom. The van der Waals surface area contributed by atoms with Crippen molar-refractivity contribution in [3.05, 3.63) is 29.1 Å². The Bertz CT molecular complexity index is 1120. The van der Waals surface area contributed by atoms with Crippen molar-refractivity contribution in [3.8, 4) is 5.75 Å². The molecule has 31 heavy (non-hydrogen) atoms. The zero-order valence-electron chi connectivity index (χ0n) is 15.9. The molecule has 9 nitrogen and oxygen atoms in total. The van der Waals surface area contributed by atoms with E-state index in [1.54, 1.807) is 6.21 Å². The smallest absolute Gasteiger partial charge is 0.406 e. The molecule has 2 aromatic rings. The lowest BCUT2D eigenvalue weighted by atomic mass is 10.3. The second-order valence-corrected chi connectivity index (χ2v) is 9.64. The summed E-state index contributed by atoms with van der Waals surface area (Å²) in [5, 5.41) is 0.725. The van der Waals surface area contributed by atoms with Gasteiger partial charge in [-0.2, -0.15) is 9.30 Å². The van der Waals surface area contributed by atoms with Crippen LogP contribution in [0.3, 0.4) is 0 Å². The van der Waals surface area contributed by atoms with Crippen LogP contribution in [-0.4, -0.2) is 62.4 Å². The number of rotatable bonds is 4. The fraction of sp³-hybridized carbons (Fsp3) is 0.353. The van der Waals surface area contributed by atoms with E-state index in [4.69, 9.17) is 5.73 Å². The van der Waals surface area contributed by atoms with E-state index in [2.05, 4.69) is 19.7 Å². The molecule has 166 valence electrons. The number of ether oxygens (including phenoxy) is 1. The average molecular weight is 474 g/mol. The normalized spacial score (nSPS) is 17.8. The van der Waals surface area contributed by atoms with Gasteiger partial charge in [0.05, 0.1) is 9.77 Å². The summed E-state index contributed by atoms with van der Waals surface area (Å²) in [6.45, 7) is 1.24. The lowest BCUT2D eigenvalue weighted by Crippen LogP contribution is -2.48. The third kappa shape index (κ3) is 4.80. The SMILES string of the molecule is NC1=Nc2nc(N3CCN(S(=O)(=O)c4ccc(OC(F)(F)F)cc4)CC3)sc2CC=N1. The first-order valence-corrected chi connectivity index (χ1v) is 11.3. The molecule has 0 aliphatic carbocycles. The highest BCUT2D eigenvalue weighted by Crippen LogP contribution is 2.34. The number of nitrogens with zero attached hydrogens (tertiary/aromatic N) is 5. The number of aliphatic imine (C=N–C) groups is 2. The lowest BCUT2D eigenvalue weighted by Gasteiger charge is -2.33. The molecule has 3 heterocycles. The molecule has 1 saturated heterocycles. The Morgan fingerprint density at radius 1 is 1.10 bits per heavy atom. The first kappa shape index (κ1) is 21.5. The number of thiazole rings is 1. The molecule has 0 spiro atoms. The summed E-state index contributed by atoms with van der Waals surface area (Å²) in [5.74, 6) is 0.178. The summed E-state index contributed by atoms with van der Waals surface area (Å²) in [5.41, 5.74) is 5.66. The van der Waals surface area contributed by atoms with Gasteiger partial charge in [-0.15, -0.1) is 13.2 Å². The molecule has 1 aromatic carbocycles. The van der Waals surface area contributed by atoms with E-state index in [-0.39, 0.29) is 23.9 Å². The Hall–Kier alpha value is -2.71. The number of aromatic nitrogens is 1. The average Bonchev–Trinajstić information content (AvgIpc) is 3.01. The minimum atomic E-state index is -4.84. The molecule has 14 heteroatoms. The number of fused-ring (bicyclic) bond motifs is 1. The van der Waals surface area contributed by atoms with Crippen LogP contribution in [0.2, 0.25) is 0 Å². The van der Waals surface area contributed by atoms with Crippen molar-refractivity contribution in [1.82, 2.24) is 9.29 Å². The Morgan fingerprint density at radius 3 is 2.42 bits per heavy atom. The van der Waals surface area contributed by atoms with Gasteiger partial charge < -0.3 is 15.4 Å². The second kappa shape index (κ2) is 8.09. The summed E-state index contributed by atoms with van der Waals surface area (Å²) in [6, 6.07) is 4.17. The highest BCUT2D eigenvalue weighted by molar-refractivity contribution is 7.89. The fourth-order valence-corrected chi connectivity index (χ4v) is 5.56. The molecule has 2 aliphatic rings. The molecule has 1 fully saturated rings. The van der Waals surface area contributed by atoms with Crippen molar-refractivity contribution < 1.29 is 26.3 Å². The summed E-state index contributed by atoms with van der Waals surface area (Å²) in [7, 11) is -3.85. The quantitative estimate of drug-likeness (QED) is 0.726. The van der Waals surface area contributed by atoms with Crippen molar-refractivity contribution in [3.63, 3.8) is 0 Å². The maximum atomic E-state index is 12.8. The molecule has 2 N–H and O–H groups in total. The predicted octanol–water partition coefficient (Wildman–Crippen LogP) is 2.13. The minimum Gasteiger partial charge on any atom is -0.406 e. The highest BCUT2D eigenvalue weighted by Gasteiger charge is 2.32. The summed E-state index contributed by atoms with van der Waals surface area (Å²) in [6.07, 6.45) is -2.60. The van der Waals surface area contributed by atoms with Crippen LogP contribution >= 0.6 is 11.3 Å². The van der Waals surface area contributed by atoms with Gasteiger partial charge in [0, 0.05) is 38.8 Å². The number of hydrogen-bond donors (Lipinski definition) is 1. The summed E-state index contributed by atoms with van der Waals surface area (Å²) >= 11 is 1.46. The third-order valence-electron chi connectivity index (χ3n) is 4.59. The van der Waals surface area contributed by atoms with Crippen LogP contribution in [0.1, 0.15) is 4.88 Å². The number of guanidine groups is 1. The molecule has 0 radical (unpaired) electrons. The zero-order valence-corrected chi connectivity index (χ0v) is 17.5. The van der Waals surface area contributed by atoms with Crippen molar-refractivity contribution in [2.75, 3.05) is 31.1 Å². The molecule has 0 bridgehead atoms. The molecular weight excluding hydrogens is 457 g/mol. The van der Waals surface area contributed by atoms with Gasteiger partial charge in [-0.3, -0.25) is 0 Å². The van der Waals surface area contributed by atoms with Crippen LogP contribution in [-0.2, 0) is 16.4 Å². The van der Waals surface area contributed by atoms with Gasteiger partial charge >= 0.3 is 6.36 Å². The van der Waals surface area contributed by atoms with E-state index in [0.29, 0.717) is 25.3 Å². The predicted molar refractivity (Wildman–Crippen MR) is 110 cm³/mol. The summed E-state index contributed by atoms with van der Waals surface area (Å²) in [4.78, 5) is 15.4. The van der Waals surface area contributed by atoms with E-state index in [9.17, 15) is 21.6 Å². The Kier molecular flexibility index (Phi) is 5.61. The van der Waals surface area contributed by atoms with Gasteiger partial charge in [0.1, 0.15) is 5.75 Å². The second-order valence-electron chi connectivity index (χ2n) is 6.64. The number of nitrogens with two attached hydrogens (primary N) is 1. The number of halogens is 3. The van der Waals surface area contributed by atoms with Crippen LogP contribution in [0.15, 0.2) is 39.1 Å². The monoisotopic (exact) mass is 474 g/mol. The van der Waals surface area contributed by atoms with Gasteiger partial charge in [0.15, 0.2) is 10.9 Å².